The first kappa shape index (κ1) is 32.1. The molecule has 0 spiro atoms. The predicted molar refractivity (Wildman–Crippen MR) is 157 cm³/mol. The number of aliphatic imine (C=N–C) groups is 2. The summed E-state index contributed by atoms with van der Waals surface area (Å²) in [4.78, 5) is 36.6. The van der Waals surface area contributed by atoms with Crippen molar-refractivity contribution in [1.82, 2.24) is 14.9 Å². The van der Waals surface area contributed by atoms with E-state index in [4.69, 9.17) is 10.6 Å². The molecule has 1 aliphatic rings. The van der Waals surface area contributed by atoms with E-state index in [1.807, 2.05) is 20.8 Å². The van der Waals surface area contributed by atoms with Gasteiger partial charge in [-0.2, -0.15) is 0 Å². The number of amides is 1. The smallest absolute Gasteiger partial charge is 0.271 e. The third kappa shape index (κ3) is 10.5. The first-order valence-corrected chi connectivity index (χ1v) is 13.8. The van der Waals surface area contributed by atoms with Gasteiger partial charge in [0.15, 0.2) is 0 Å². The number of aryl methyl sites for hydroxylation is 3. The van der Waals surface area contributed by atoms with Gasteiger partial charge in [0.1, 0.15) is 12.3 Å². The topological polar surface area (TPSA) is 144 Å². The number of nitrogens with zero attached hydrogens (tertiary/aromatic N) is 6. The number of likely N-dealkylation sites (tertiary alicyclic amines) is 1. The van der Waals surface area contributed by atoms with Gasteiger partial charge >= 0.3 is 0 Å². The molecule has 2 aromatic rings. The van der Waals surface area contributed by atoms with Crippen molar-refractivity contribution in [3.63, 3.8) is 0 Å². The zero-order valence-corrected chi connectivity index (χ0v) is 24.2. The molecule has 1 amide bonds. The Labute approximate surface area is 228 Å². The quantitative estimate of drug-likeness (QED) is 0.209. The molecular weight excluding hydrogens is 508 g/mol. The van der Waals surface area contributed by atoms with Gasteiger partial charge in [-0.15, -0.1) is 22.7 Å². The Bertz CT molecular complexity index is 1060. The van der Waals surface area contributed by atoms with E-state index in [9.17, 15) is 4.79 Å². The van der Waals surface area contributed by atoms with Crippen LogP contribution in [-0.4, -0.2) is 72.7 Å². The summed E-state index contributed by atoms with van der Waals surface area (Å²) in [6.45, 7) is 16.4. The molecule has 3 rings (SSSR count). The van der Waals surface area contributed by atoms with Gasteiger partial charge in [-0.3, -0.25) is 14.8 Å². The summed E-state index contributed by atoms with van der Waals surface area (Å²) < 4.78 is 0. The summed E-state index contributed by atoms with van der Waals surface area (Å²) in [5.41, 5.74) is 13.5. The number of rotatable bonds is 9. The minimum absolute atomic E-state index is 0.0860. The third-order valence-electron chi connectivity index (χ3n) is 5.20. The fourth-order valence-electron chi connectivity index (χ4n) is 3.66. The summed E-state index contributed by atoms with van der Waals surface area (Å²) in [6, 6.07) is 0.0860. The lowest BCUT2D eigenvalue weighted by Crippen LogP contribution is -2.47. The van der Waals surface area contributed by atoms with Crippen molar-refractivity contribution in [1.29, 1.82) is 0 Å². The fraction of sp³-hybridized carbons (Fsp3) is 0.520. The molecular formula is C25H40N8O2S2. The van der Waals surface area contributed by atoms with Crippen molar-refractivity contribution in [3.05, 3.63) is 33.0 Å². The van der Waals surface area contributed by atoms with Crippen LogP contribution in [0.25, 0.3) is 10.6 Å². The first-order chi connectivity index (χ1) is 17.8. The van der Waals surface area contributed by atoms with Gasteiger partial charge in [0.2, 0.25) is 0 Å². The Kier molecular flexibility index (Phi) is 15.2. The van der Waals surface area contributed by atoms with Crippen LogP contribution in [0.5, 0.6) is 0 Å². The highest BCUT2D eigenvalue weighted by Crippen LogP contribution is 2.30. The molecule has 0 radical (unpaired) electrons. The van der Waals surface area contributed by atoms with E-state index in [0.29, 0.717) is 32.5 Å². The Balaban J connectivity index is 0.000000385. The molecule has 0 aromatic carbocycles. The van der Waals surface area contributed by atoms with Gasteiger partial charge in [-0.1, -0.05) is 18.5 Å². The number of carbonyl (C=O) groups is 1. The molecule has 0 saturated carbocycles. The highest BCUT2D eigenvalue weighted by Gasteiger charge is 2.30. The number of hydrogen-bond acceptors (Lipinski definition) is 11. The molecule has 0 aliphatic carbocycles. The van der Waals surface area contributed by atoms with Crippen molar-refractivity contribution in [2.24, 2.45) is 26.6 Å². The van der Waals surface area contributed by atoms with Crippen LogP contribution in [0.3, 0.4) is 0 Å². The fourth-order valence-corrected chi connectivity index (χ4v) is 5.21. The number of thiazole rings is 2. The van der Waals surface area contributed by atoms with Crippen molar-refractivity contribution in [2.45, 2.75) is 59.4 Å². The van der Waals surface area contributed by atoms with Crippen molar-refractivity contribution in [2.75, 3.05) is 26.7 Å². The molecule has 1 saturated heterocycles. The molecule has 0 unspecified atom stereocenters. The minimum atomic E-state index is -0.193. The molecule has 10 nitrogen and oxygen atoms in total. The average Bonchev–Trinajstić information content (AvgIpc) is 3.47. The van der Waals surface area contributed by atoms with Crippen molar-refractivity contribution in [3.8, 4) is 10.6 Å². The summed E-state index contributed by atoms with van der Waals surface area (Å²) in [6.07, 6.45) is 4.55. The van der Waals surface area contributed by atoms with E-state index >= 15 is 0 Å². The molecule has 204 valence electrons. The number of hydrogen-bond donors (Lipinski definition) is 2. The molecule has 1 fully saturated rings. The van der Waals surface area contributed by atoms with Crippen molar-refractivity contribution < 1.29 is 9.63 Å². The van der Waals surface area contributed by atoms with Gasteiger partial charge in [-0.05, 0) is 47.7 Å². The molecule has 1 atom stereocenters. The number of piperidine rings is 1. The first-order valence-electron chi connectivity index (χ1n) is 12.1. The summed E-state index contributed by atoms with van der Waals surface area (Å²) >= 11 is 3.40. The molecule has 37 heavy (non-hydrogen) atoms. The van der Waals surface area contributed by atoms with Gasteiger partial charge in [0.05, 0.1) is 44.7 Å². The molecule has 0 bridgehead atoms. The van der Waals surface area contributed by atoms with Gasteiger partial charge < -0.3 is 21.2 Å². The van der Waals surface area contributed by atoms with Crippen LogP contribution in [-0.2, 0) is 9.63 Å². The molecule has 12 heteroatoms. The second kappa shape index (κ2) is 17.5. The Morgan fingerprint density at radius 3 is 2.54 bits per heavy atom. The maximum atomic E-state index is 12.3. The van der Waals surface area contributed by atoms with Crippen LogP contribution in [0.4, 0.5) is 0 Å². The SMILES string of the molecule is C=N/C=C(\N)C(=O)N1CC/C(=N/OCCN=C)C[C@@H]1CCC.CN.Cc1nc(-c2sc(C)nc2C)cs1. The predicted octanol–water partition coefficient (Wildman–Crippen LogP) is 4.12. The Hall–Kier alpha value is -2.96. The highest BCUT2D eigenvalue weighted by molar-refractivity contribution is 7.15. The van der Waals surface area contributed by atoms with Gasteiger partial charge in [0, 0.05) is 30.8 Å². The lowest BCUT2D eigenvalue weighted by atomic mass is 9.96. The van der Waals surface area contributed by atoms with Crippen LogP contribution in [0.2, 0.25) is 0 Å². The van der Waals surface area contributed by atoms with Crippen LogP contribution in [0, 0.1) is 20.8 Å². The van der Waals surface area contributed by atoms with E-state index in [-0.39, 0.29) is 17.6 Å². The van der Waals surface area contributed by atoms with E-state index in [0.717, 1.165) is 40.0 Å². The Morgan fingerprint density at radius 1 is 1.27 bits per heavy atom. The normalized spacial score (nSPS) is 16.3. The number of aromatic nitrogens is 2. The second-order valence-corrected chi connectivity index (χ2v) is 10.3. The standard InChI is InChI=1S/C15H25N5O2.C9H10N2S2.CH5N/c1-4-5-13-10-12(19-22-9-7-17-2)6-8-20(13)15(21)14(16)11-18-3;1-5-9(13-7(3)10-5)8-4-12-6(2)11-8;1-2/h11,13H,2-10,16H2,1H3;4H,1-3H3;2H2,1H3/b14-11-,19-12-;;/t13-;;/m0../s1. The second-order valence-electron chi connectivity index (χ2n) is 8.00. The Morgan fingerprint density at radius 2 is 2.00 bits per heavy atom. The lowest BCUT2D eigenvalue weighted by molar-refractivity contribution is -0.129. The maximum absolute atomic E-state index is 12.3. The zero-order valence-electron chi connectivity index (χ0n) is 22.6. The molecule has 3 heterocycles. The number of carbonyl (C=O) groups excluding carboxylic acids is 1. The molecule has 4 N–H and O–H groups in total. The van der Waals surface area contributed by atoms with Crippen LogP contribution in [0.15, 0.2) is 32.4 Å². The van der Waals surface area contributed by atoms with Gasteiger partial charge in [0.25, 0.3) is 5.91 Å². The largest absolute Gasteiger partial charge is 0.394 e. The third-order valence-corrected chi connectivity index (χ3v) is 7.07. The number of oxime groups is 1. The molecule has 2 aromatic heterocycles. The molecule has 1 aliphatic heterocycles. The van der Waals surface area contributed by atoms with Crippen LogP contribution >= 0.6 is 22.7 Å². The average molecular weight is 549 g/mol. The summed E-state index contributed by atoms with van der Waals surface area (Å²) in [7, 11) is 1.50. The minimum Gasteiger partial charge on any atom is -0.394 e. The highest BCUT2D eigenvalue weighted by atomic mass is 32.1. The number of nitrogens with two attached hydrogens (primary N) is 2. The van der Waals surface area contributed by atoms with Gasteiger partial charge in [-0.25, -0.2) is 9.97 Å². The summed E-state index contributed by atoms with van der Waals surface area (Å²) in [5.74, 6) is -0.193. The monoisotopic (exact) mass is 548 g/mol. The van der Waals surface area contributed by atoms with Crippen LogP contribution < -0.4 is 11.5 Å². The summed E-state index contributed by atoms with van der Waals surface area (Å²) in [5, 5.41) is 8.46. The lowest BCUT2D eigenvalue weighted by Gasteiger charge is -2.36. The van der Waals surface area contributed by atoms with E-state index in [1.54, 1.807) is 27.6 Å². The van der Waals surface area contributed by atoms with E-state index in [2.05, 4.69) is 56.6 Å². The zero-order chi connectivity index (χ0) is 27.8. The van der Waals surface area contributed by atoms with Crippen LogP contribution in [0.1, 0.15) is 48.3 Å². The van der Waals surface area contributed by atoms with E-state index in [1.165, 1.54) is 18.1 Å². The maximum Gasteiger partial charge on any atom is 0.271 e. The van der Waals surface area contributed by atoms with Crippen molar-refractivity contribution >= 4 is 47.7 Å². The van der Waals surface area contributed by atoms with E-state index < -0.39 is 0 Å².